The van der Waals surface area contributed by atoms with E-state index in [1.54, 1.807) is 0 Å². The predicted molar refractivity (Wildman–Crippen MR) is 48.3 cm³/mol. The second kappa shape index (κ2) is 6.62. The molecule has 0 aliphatic rings. The van der Waals surface area contributed by atoms with E-state index in [0.29, 0.717) is 6.04 Å². The molecule has 0 radical (unpaired) electrons. The highest BCUT2D eigenvalue weighted by atomic mass is 16.6. The van der Waals surface area contributed by atoms with Crippen molar-refractivity contribution >= 4 is 0 Å². The molecule has 0 fully saturated rings. The fraction of sp³-hybridized carbons (Fsp3) is 1.00. The van der Waals surface area contributed by atoms with Crippen LogP contribution in [0.4, 0.5) is 0 Å². The van der Waals surface area contributed by atoms with Crippen molar-refractivity contribution < 1.29 is 4.84 Å². The van der Waals surface area contributed by atoms with Gasteiger partial charge >= 0.3 is 0 Å². The Labute approximate surface area is 70.3 Å². The molecule has 1 unspecified atom stereocenters. The maximum atomic E-state index is 5.22. The number of rotatable bonds is 6. The Morgan fingerprint density at radius 3 is 2.36 bits per heavy atom. The lowest BCUT2D eigenvalue weighted by Gasteiger charge is -2.10. The minimum absolute atomic E-state index is 0.423. The van der Waals surface area contributed by atoms with Crippen molar-refractivity contribution in [3.63, 3.8) is 0 Å². The third-order valence-electron chi connectivity index (χ3n) is 1.73. The maximum absolute atomic E-state index is 5.22. The van der Waals surface area contributed by atoms with Gasteiger partial charge in [-0.05, 0) is 26.2 Å². The van der Waals surface area contributed by atoms with Crippen molar-refractivity contribution in [3.05, 3.63) is 0 Å². The molecule has 2 heteroatoms. The van der Waals surface area contributed by atoms with Gasteiger partial charge in [0, 0.05) is 6.04 Å². The zero-order valence-corrected chi connectivity index (χ0v) is 8.18. The Morgan fingerprint density at radius 1 is 1.27 bits per heavy atom. The standard InChI is InChI=1S/C9H21NO/c1-5-9(4)6-7-11-10-8(2)3/h8-10H,5-7H2,1-4H3. The molecular weight excluding hydrogens is 138 g/mol. The summed E-state index contributed by atoms with van der Waals surface area (Å²) < 4.78 is 0. The molecule has 1 N–H and O–H groups in total. The van der Waals surface area contributed by atoms with Gasteiger partial charge in [0.1, 0.15) is 0 Å². The Hall–Kier alpha value is -0.0800. The van der Waals surface area contributed by atoms with E-state index < -0.39 is 0 Å². The molecule has 0 heterocycles. The Morgan fingerprint density at radius 2 is 1.91 bits per heavy atom. The Balaban J connectivity index is 3.01. The molecule has 0 amide bonds. The number of hydroxylamine groups is 1. The molecule has 0 rings (SSSR count). The summed E-state index contributed by atoms with van der Waals surface area (Å²) in [6, 6.07) is 0.423. The van der Waals surface area contributed by atoms with Crippen LogP contribution in [0.25, 0.3) is 0 Å². The zero-order chi connectivity index (χ0) is 8.69. The first-order valence-corrected chi connectivity index (χ1v) is 4.54. The van der Waals surface area contributed by atoms with E-state index in [1.807, 2.05) is 0 Å². The van der Waals surface area contributed by atoms with E-state index >= 15 is 0 Å². The molecule has 0 bridgehead atoms. The highest BCUT2D eigenvalue weighted by Crippen LogP contribution is 2.05. The molecular formula is C9H21NO. The van der Waals surface area contributed by atoms with Crippen LogP contribution in [0.3, 0.4) is 0 Å². The van der Waals surface area contributed by atoms with Crippen LogP contribution in [-0.2, 0) is 4.84 Å². The van der Waals surface area contributed by atoms with Crippen LogP contribution in [0, 0.1) is 5.92 Å². The molecule has 0 aromatic heterocycles. The van der Waals surface area contributed by atoms with Gasteiger partial charge in [0.05, 0.1) is 6.61 Å². The van der Waals surface area contributed by atoms with Gasteiger partial charge in [-0.2, -0.15) is 0 Å². The fourth-order valence-electron chi connectivity index (χ4n) is 0.690. The van der Waals surface area contributed by atoms with E-state index in [0.717, 1.165) is 18.9 Å². The van der Waals surface area contributed by atoms with Gasteiger partial charge in [-0.15, -0.1) is 0 Å². The van der Waals surface area contributed by atoms with Gasteiger partial charge < -0.3 is 4.84 Å². The average Bonchev–Trinajstić information content (AvgIpc) is 1.97. The number of nitrogens with one attached hydrogen (secondary N) is 1. The molecule has 0 spiro atoms. The van der Waals surface area contributed by atoms with Crippen molar-refractivity contribution in [1.82, 2.24) is 5.48 Å². The summed E-state index contributed by atoms with van der Waals surface area (Å²) in [6.45, 7) is 9.43. The first-order chi connectivity index (χ1) is 5.16. The molecule has 2 nitrogen and oxygen atoms in total. The summed E-state index contributed by atoms with van der Waals surface area (Å²) in [7, 11) is 0. The van der Waals surface area contributed by atoms with Crippen molar-refractivity contribution in [2.24, 2.45) is 5.92 Å². The summed E-state index contributed by atoms with van der Waals surface area (Å²) in [5, 5.41) is 0. The lowest BCUT2D eigenvalue weighted by molar-refractivity contribution is 0.0171. The largest absolute Gasteiger partial charge is 0.302 e. The van der Waals surface area contributed by atoms with Crippen molar-refractivity contribution in [1.29, 1.82) is 0 Å². The SMILES string of the molecule is CCC(C)CCONC(C)C. The van der Waals surface area contributed by atoms with E-state index in [2.05, 4.69) is 33.2 Å². The van der Waals surface area contributed by atoms with Gasteiger partial charge in [-0.3, -0.25) is 0 Å². The minimum Gasteiger partial charge on any atom is -0.302 e. The molecule has 0 saturated heterocycles. The van der Waals surface area contributed by atoms with Gasteiger partial charge in [-0.25, -0.2) is 5.48 Å². The maximum Gasteiger partial charge on any atom is 0.0684 e. The van der Waals surface area contributed by atoms with Crippen LogP contribution in [0.15, 0.2) is 0 Å². The van der Waals surface area contributed by atoms with Crippen LogP contribution in [-0.4, -0.2) is 12.6 Å². The van der Waals surface area contributed by atoms with Crippen molar-refractivity contribution in [2.45, 2.75) is 46.6 Å². The molecule has 68 valence electrons. The first-order valence-electron chi connectivity index (χ1n) is 4.54. The minimum atomic E-state index is 0.423. The van der Waals surface area contributed by atoms with E-state index in [9.17, 15) is 0 Å². The van der Waals surface area contributed by atoms with Crippen molar-refractivity contribution in [2.75, 3.05) is 6.61 Å². The van der Waals surface area contributed by atoms with Gasteiger partial charge in [-0.1, -0.05) is 20.3 Å². The fourth-order valence-corrected chi connectivity index (χ4v) is 0.690. The Bertz CT molecular complexity index is 83.6. The van der Waals surface area contributed by atoms with Crippen LogP contribution in [0.1, 0.15) is 40.5 Å². The van der Waals surface area contributed by atoms with E-state index in [-0.39, 0.29) is 0 Å². The second-order valence-corrected chi connectivity index (χ2v) is 3.42. The average molecular weight is 159 g/mol. The third kappa shape index (κ3) is 7.82. The van der Waals surface area contributed by atoms with E-state index in [4.69, 9.17) is 4.84 Å². The van der Waals surface area contributed by atoms with Crippen LogP contribution >= 0.6 is 0 Å². The van der Waals surface area contributed by atoms with Crippen LogP contribution in [0.5, 0.6) is 0 Å². The normalized spacial score (nSPS) is 13.9. The topological polar surface area (TPSA) is 21.3 Å². The second-order valence-electron chi connectivity index (χ2n) is 3.42. The summed E-state index contributed by atoms with van der Waals surface area (Å²) in [4.78, 5) is 5.22. The van der Waals surface area contributed by atoms with Crippen molar-refractivity contribution in [3.8, 4) is 0 Å². The summed E-state index contributed by atoms with van der Waals surface area (Å²) in [6.07, 6.45) is 2.39. The van der Waals surface area contributed by atoms with Crippen LogP contribution in [0.2, 0.25) is 0 Å². The zero-order valence-electron chi connectivity index (χ0n) is 8.18. The molecule has 1 atom stereocenters. The summed E-state index contributed by atoms with van der Waals surface area (Å²) in [5.41, 5.74) is 2.92. The Kier molecular flexibility index (Phi) is 6.57. The summed E-state index contributed by atoms with van der Waals surface area (Å²) in [5.74, 6) is 0.781. The molecule has 0 saturated carbocycles. The number of hydrogen-bond donors (Lipinski definition) is 1. The first kappa shape index (κ1) is 10.9. The molecule has 0 aromatic rings. The monoisotopic (exact) mass is 159 g/mol. The van der Waals surface area contributed by atoms with Gasteiger partial charge in [0.2, 0.25) is 0 Å². The van der Waals surface area contributed by atoms with E-state index in [1.165, 1.54) is 6.42 Å². The van der Waals surface area contributed by atoms with Gasteiger partial charge in [0.15, 0.2) is 0 Å². The third-order valence-corrected chi connectivity index (χ3v) is 1.73. The molecule has 0 aliphatic carbocycles. The molecule has 0 aliphatic heterocycles. The molecule has 11 heavy (non-hydrogen) atoms. The number of hydrogen-bond acceptors (Lipinski definition) is 2. The highest BCUT2D eigenvalue weighted by Gasteiger charge is 1.98. The predicted octanol–water partition coefficient (Wildman–Crippen LogP) is 2.35. The van der Waals surface area contributed by atoms with Gasteiger partial charge in [0.25, 0.3) is 0 Å². The quantitative estimate of drug-likeness (QED) is 0.474. The molecule has 0 aromatic carbocycles. The smallest absolute Gasteiger partial charge is 0.0684 e. The lowest BCUT2D eigenvalue weighted by Crippen LogP contribution is -2.23. The lowest BCUT2D eigenvalue weighted by atomic mass is 10.1. The van der Waals surface area contributed by atoms with Crippen LogP contribution < -0.4 is 5.48 Å². The summed E-state index contributed by atoms with van der Waals surface area (Å²) >= 11 is 0. The highest BCUT2D eigenvalue weighted by molar-refractivity contribution is 4.48.